The van der Waals surface area contributed by atoms with Crippen molar-refractivity contribution in [3.8, 4) is 0 Å². The Morgan fingerprint density at radius 2 is 1.45 bits per heavy atom. The quantitative estimate of drug-likeness (QED) is 0.301. The van der Waals surface area contributed by atoms with Gasteiger partial charge in [-0.3, -0.25) is 9.69 Å². The molecule has 7 heteroatoms. The molecular formula is C22H12Cl4N2O. The van der Waals surface area contributed by atoms with Gasteiger partial charge >= 0.3 is 0 Å². The lowest BCUT2D eigenvalue weighted by atomic mass is 10.1. The first-order valence-electron chi connectivity index (χ1n) is 8.54. The average molecular weight is 462 g/mol. The molecule has 0 fully saturated rings. The van der Waals surface area contributed by atoms with Crippen molar-refractivity contribution in [1.82, 2.24) is 0 Å². The Kier molecular flexibility index (Phi) is 5.66. The number of hydrogen-bond acceptors (Lipinski definition) is 2. The normalized spacial score (nSPS) is 15.2. The van der Waals surface area contributed by atoms with E-state index in [2.05, 4.69) is 4.99 Å². The molecule has 1 aliphatic rings. The summed E-state index contributed by atoms with van der Waals surface area (Å²) in [6, 6.07) is 19.6. The third-order valence-corrected chi connectivity index (χ3v) is 5.57. The lowest BCUT2D eigenvalue weighted by Gasteiger charge is -2.20. The molecule has 0 unspecified atom stereocenters. The monoisotopic (exact) mass is 460 g/mol. The maximum Gasteiger partial charge on any atom is 0.282 e. The van der Waals surface area contributed by atoms with Crippen molar-refractivity contribution in [2.24, 2.45) is 4.99 Å². The predicted molar refractivity (Wildman–Crippen MR) is 121 cm³/mol. The van der Waals surface area contributed by atoms with E-state index in [-0.39, 0.29) is 11.6 Å². The third-order valence-electron chi connectivity index (χ3n) is 4.30. The molecule has 29 heavy (non-hydrogen) atoms. The predicted octanol–water partition coefficient (Wildman–Crippen LogP) is 7.13. The summed E-state index contributed by atoms with van der Waals surface area (Å²) in [5.74, 6) is 0.134. The lowest BCUT2D eigenvalue weighted by Crippen LogP contribution is -2.32. The highest BCUT2D eigenvalue weighted by Gasteiger charge is 2.34. The highest BCUT2D eigenvalue weighted by atomic mass is 35.5. The largest absolute Gasteiger partial charge is 0.282 e. The second-order valence-electron chi connectivity index (χ2n) is 6.24. The molecule has 3 aromatic rings. The first kappa shape index (κ1) is 20.0. The molecule has 0 bridgehead atoms. The minimum atomic E-state index is -0.320. The molecule has 0 radical (unpaired) electrons. The second kappa shape index (κ2) is 8.21. The van der Waals surface area contributed by atoms with Gasteiger partial charge in [-0.1, -0.05) is 88.9 Å². The van der Waals surface area contributed by atoms with Gasteiger partial charge in [0, 0.05) is 10.6 Å². The maximum atomic E-state index is 13.3. The zero-order valence-electron chi connectivity index (χ0n) is 14.7. The summed E-state index contributed by atoms with van der Waals surface area (Å²) in [7, 11) is 0. The molecule has 0 aromatic heterocycles. The highest BCUT2D eigenvalue weighted by Crippen LogP contribution is 2.38. The molecule has 0 N–H and O–H groups in total. The number of benzene rings is 3. The zero-order chi connectivity index (χ0) is 20.5. The van der Waals surface area contributed by atoms with Crippen LogP contribution in [0.1, 0.15) is 11.1 Å². The molecule has 0 atom stereocenters. The number of carbonyl (C=O) groups is 1. The summed E-state index contributed by atoms with van der Waals surface area (Å²) in [5, 5.41) is 1.51. The number of carbonyl (C=O) groups excluding carboxylic acids is 1. The fraction of sp³-hybridized carbons (Fsp3) is 0. The molecule has 4 rings (SSSR count). The highest BCUT2D eigenvalue weighted by molar-refractivity contribution is 6.45. The molecule has 0 aliphatic carbocycles. The number of anilines is 1. The molecule has 0 saturated heterocycles. The van der Waals surface area contributed by atoms with Crippen LogP contribution >= 0.6 is 46.4 Å². The zero-order valence-corrected chi connectivity index (χ0v) is 17.8. The summed E-state index contributed by atoms with van der Waals surface area (Å²) in [5.41, 5.74) is 2.25. The van der Waals surface area contributed by atoms with E-state index in [1.165, 1.54) is 11.0 Å². The number of rotatable bonds is 3. The van der Waals surface area contributed by atoms with Crippen molar-refractivity contribution < 1.29 is 4.79 Å². The number of halogens is 4. The van der Waals surface area contributed by atoms with Crippen LogP contribution in [0.5, 0.6) is 0 Å². The molecule has 144 valence electrons. The van der Waals surface area contributed by atoms with Crippen LogP contribution in [0.3, 0.4) is 0 Å². The van der Waals surface area contributed by atoms with E-state index in [0.717, 1.165) is 11.1 Å². The van der Waals surface area contributed by atoms with Crippen molar-refractivity contribution in [2.75, 3.05) is 4.90 Å². The number of aliphatic imine (C=N–C) groups is 1. The van der Waals surface area contributed by atoms with Crippen molar-refractivity contribution >= 4 is 69.9 Å². The van der Waals surface area contributed by atoms with E-state index < -0.39 is 0 Å². The van der Waals surface area contributed by atoms with Crippen LogP contribution in [0.4, 0.5) is 5.69 Å². The van der Waals surface area contributed by atoms with E-state index in [9.17, 15) is 4.79 Å². The van der Waals surface area contributed by atoms with Crippen LogP contribution in [0.2, 0.25) is 20.1 Å². The number of amides is 1. The van der Waals surface area contributed by atoms with Gasteiger partial charge in [0.25, 0.3) is 5.91 Å². The molecule has 0 spiro atoms. The Morgan fingerprint density at radius 3 is 2.14 bits per heavy atom. The smallest absolute Gasteiger partial charge is 0.266 e. The number of hydrogen-bond donors (Lipinski definition) is 0. The van der Waals surface area contributed by atoms with Gasteiger partial charge in [-0.25, -0.2) is 4.99 Å². The van der Waals surface area contributed by atoms with E-state index in [1.54, 1.807) is 24.3 Å². The summed E-state index contributed by atoms with van der Waals surface area (Å²) >= 11 is 24.6. The molecule has 1 aliphatic heterocycles. The van der Waals surface area contributed by atoms with Gasteiger partial charge in [0.1, 0.15) is 11.5 Å². The summed E-state index contributed by atoms with van der Waals surface area (Å²) in [4.78, 5) is 19.3. The van der Waals surface area contributed by atoms with Gasteiger partial charge in [-0.2, -0.15) is 0 Å². The number of amidine groups is 1. The first-order chi connectivity index (χ1) is 13.9. The molecule has 1 heterocycles. The SMILES string of the molecule is O=C1/C(=C\c2ccc(Cl)cc2)N=C(c2ccccc2)N1c1cc(Cl)c(Cl)cc1Cl. The van der Waals surface area contributed by atoms with Gasteiger partial charge < -0.3 is 0 Å². The van der Waals surface area contributed by atoms with Crippen molar-refractivity contribution in [3.05, 3.63) is 104 Å². The Bertz CT molecular complexity index is 1160. The van der Waals surface area contributed by atoms with Gasteiger partial charge in [0.15, 0.2) is 0 Å². The third kappa shape index (κ3) is 4.05. The van der Waals surface area contributed by atoms with Gasteiger partial charge in [0.05, 0.1) is 20.8 Å². The molecular weight excluding hydrogens is 450 g/mol. The Morgan fingerprint density at radius 1 is 0.793 bits per heavy atom. The van der Waals surface area contributed by atoms with Crippen LogP contribution in [-0.2, 0) is 4.79 Å². The van der Waals surface area contributed by atoms with Crippen molar-refractivity contribution in [1.29, 1.82) is 0 Å². The van der Waals surface area contributed by atoms with Crippen LogP contribution < -0.4 is 4.90 Å². The Hall–Kier alpha value is -2.30. The average Bonchev–Trinajstić information content (AvgIpc) is 3.03. The number of nitrogens with zero attached hydrogens (tertiary/aromatic N) is 2. The van der Waals surface area contributed by atoms with Crippen LogP contribution in [0, 0.1) is 0 Å². The summed E-state index contributed by atoms with van der Waals surface area (Å²) < 4.78 is 0. The fourth-order valence-corrected chi connectivity index (χ4v) is 3.67. The minimum absolute atomic E-state index is 0.272. The Labute approximate surface area is 187 Å². The molecule has 1 amide bonds. The van der Waals surface area contributed by atoms with Crippen LogP contribution in [0.25, 0.3) is 6.08 Å². The first-order valence-corrected chi connectivity index (χ1v) is 10.1. The molecule has 3 aromatic carbocycles. The van der Waals surface area contributed by atoms with Crippen molar-refractivity contribution in [2.45, 2.75) is 0 Å². The van der Waals surface area contributed by atoms with E-state index in [0.29, 0.717) is 31.6 Å². The van der Waals surface area contributed by atoms with E-state index >= 15 is 0 Å². The lowest BCUT2D eigenvalue weighted by molar-refractivity contribution is -0.113. The van der Waals surface area contributed by atoms with E-state index in [4.69, 9.17) is 46.4 Å². The van der Waals surface area contributed by atoms with Crippen LogP contribution in [-0.4, -0.2) is 11.7 Å². The standard InChI is InChI=1S/C22H12Cl4N2O/c23-15-8-6-13(7-9-15)10-19-22(29)28(20-12-17(25)16(24)11-18(20)26)21(27-19)14-4-2-1-3-5-14/h1-12H/b19-10+. The molecule has 3 nitrogen and oxygen atoms in total. The van der Waals surface area contributed by atoms with Gasteiger partial charge in [-0.05, 0) is 35.9 Å². The van der Waals surface area contributed by atoms with Gasteiger partial charge in [-0.15, -0.1) is 0 Å². The van der Waals surface area contributed by atoms with Crippen molar-refractivity contribution in [3.63, 3.8) is 0 Å². The molecule has 0 saturated carbocycles. The minimum Gasteiger partial charge on any atom is -0.266 e. The van der Waals surface area contributed by atoms with Crippen LogP contribution in [0.15, 0.2) is 77.4 Å². The summed E-state index contributed by atoms with van der Waals surface area (Å²) in [6.45, 7) is 0. The second-order valence-corrected chi connectivity index (χ2v) is 7.90. The van der Waals surface area contributed by atoms with E-state index in [1.807, 2.05) is 42.5 Å². The van der Waals surface area contributed by atoms with Gasteiger partial charge in [0.2, 0.25) is 0 Å². The summed E-state index contributed by atoms with van der Waals surface area (Å²) in [6.07, 6.45) is 1.70. The fourth-order valence-electron chi connectivity index (χ4n) is 2.92. The topological polar surface area (TPSA) is 32.7 Å². The Balaban J connectivity index is 1.86. The maximum absolute atomic E-state index is 13.3.